The Kier molecular flexibility index (Phi) is 6.85. The molecule has 1 N–H and O–H groups in total. The lowest BCUT2D eigenvalue weighted by molar-refractivity contribution is -0.274. The average Bonchev–Trinajstić information content (AvgIpc) is 3.13. The molecular weight excluding hydrogens is 413 g/mol. The molecule has 4 nitrogen and oxygen atoms in total. The van der Waals surface area contributed by atoms with Crippen molar-refractivity contribution in [2.75, 3.05) is 13.1 Å². The zero-order valence-corrected chi connectivity index (χ0v) is 16.5. The van der Waals surface area contributed by atoms with Gasteiger partial charge in [0.2, 0.25) is 5.91 Å². The molecule has 0 bridgehead atoms. The molecule has 1 aliphatic heterocycles. The molecule has 1 aromatic heterocycles. The number of thiophene rings is 1. The van der Waals surface area contributed by atoms with E-state index < -0.39 is 12.1 Å². The minimum absolute atomic E-state index is 0.0451. The van der Waals surface area contributed by atoms with Crippen LogP contribution in [0.25, 0.3) is 0 Å². The number of likely N-dealkylation sites (tertiary alicyclic amines) is 1. The van der Waals surface area contributed by atoms with Crippen molar-refractivity contribution >= 4 is 28.8 Å². The van der Waals surface area contributed by atoms with Gasteiger partial charge in [0.05, 0.1) is 0 Å². The molecule has 3 rings (SSSR count). The summed E-state index contributed by atoms with van der Waals surface area (Å²) < 4.78 is 41.7. The second-order valence-corrected chi connectivity index (χ2v) is 7.92. The highest BCUT2D eigenvalue weighted by Crippen LogP contribution is 2.29. The van der Waals surface area contributed by atoms with Gasteiger partial charge in [-0.2, -0.15) is 11.3 Å². The first-order valence-corrected chi connectivity index (χ1v) is 10.2. The molecule has 1 fully saturated rings. The molecule has 1 amide bonds. The van der Waals surface area contributed by atoms with Gasteiger partial charge in [-0.1, -0.05) is 17.7 Å². The monoisotopic (exact) mass is 432 g/mol. The zero-order chi connectivity index (χ0) is 20.1. The molecule has 1 aliphatic rings. The van der Waals surface area contributed by atoms with Crippen LogP contribution in [-0.2, 0) is 17.9 Å². The first kappa shape index (κ1) is 21.0. The van der Waals surface area contributed by atoms with Crippen molar-refractivity contribution in [2.45, 2.75) is 32.3 Å². The molecule has 1 aromatic carbocycles. The molecule has 0 unspecified atom stereocenters. The quantitative estimate of drug-likeness (QED) is 0.711. The third-order valence-corrected chi connectivity index (χ3v) is 5.62. The Morgan fingerprint density at radius 1 is 1.29 bits per heavy atom. The van der Waals surface area contributed by atoms with Crippen molar-refractivity contribution in [1.82, 2.24) is 10.2 Å². The van der Waals surface area contributed by atoms with Crippen molar-refractivity contribution in [1.29, 1.82) is 0 Å². The van der Waals surface area contributed by atoms with Crippen molar-refractivity contribution in [3.63, 3.8) is 0 Å². The third kappa shape index (κ3) is 6.12. The summed E-state index contributed by atoms with van der Waals surface area (Å²) in [6.45, 7) is 2.46. The van der Waals surface area contributed by atoms with Gasteiger partial charge in [0.1, 0.15) is 5.75 Å². The third-order valence-electron chi connectivity index (χ3n) is 4.65. The zero-order valence-electron chi connectivity index (χ0n) is 15.0. The molecule has 0 radical (unpaired) electrons. The Balaban J connectivity index is 1.51. The van der Waals surface area contributed by atoms with Crippen LogP contribution in [0.15, 0.2) is 35.0 Å². The maximum atomic E-state index is 12.6. The van der Waals surface area contributed by atoms with E-state index in [9.17, 15) is 18.0 Å². The smallest absolute Gasteiger partial charge is 0.405 e. The molecule has 0 spiro atoms. The van der Waals surface area contributed by atoms with Crippen LogP contribution in [0.4, 0.5) is 13.2 Å². The molecule has 2 aromatic rings. The lowest BCUT2D eigenvalue weighted by Crippen LogP contribution is -2.40. The second kappa shape index (κ2) is 9.15. The van der Waals surface area contributed by atoms with E-state index in [1.54, 1.807) is 11.3 Å². The number of amides is 1. The van der Waals surface area contributed by atoms with Crippen LogP contribution in [0.1, 0.15) is 24.0 Å². The van der Waals surface area contributed by atoms with Crippen molar-refractivity contribution < 1.29 is 22.7 Å². The lowest BCUT2D eigenvalue weighted by atomic mass is 9.95. The minimum Gasteiger partial charge on any atom is -0.405 e. The van der Waals surface area contributed by atoms with Gasteiger partial charge in [0.25, 0.3) is 0 Å². The summed E-state index contributed by atoms with van der Waals surface area (Å²) in [5.74, 6) is -0.688. The van der Waals surface area contributed by atoms with E-state index in [4.69, 9.17) is 11.6 Å². The molecule has 0 aliphatic carbocycles. The first-order chi connectivity index (χ1) is 13.3. The number of rotatable bonds is 6. The van der Waals surface area contributed by atoms with E-state index in [-0.39, 0.29) is 29.0 Å². The average molecular weight is 433 g/mol. The van der Waals surface area contributed by atoms with Crippen LogP contribution in [0.5, 0.6) is 5.75 Å². The van der Waals surface area contributed by atoms with Crippen LogP contribution in [-0.4, -0.2) is 30.3 Å². The summed E-state index contributed by atoms with van der Waals surface area (Å²) >= 11 is 7.42. The number of carbonyl (C=O) groups excluding carboxylic acids is 1. The van der Waals surface area contributed by atoms with E-state index >= 15 is 0 Å². The number of nitrogens with one attached hydrogen (secondary N) is 1. The fourth-order valence-electron chi connectivity index (χ4n) is 3.21. The van der Waals surface area contributed by atoms with Crippen LogP contribution in [0.2, 0.25) is 5.02 Å². The van der Waals surface area contributed by atoms with E-state index in [2.05, 4.69) is 26.4 Å². The van der Waals surface area contributed by atoms with Crippen LogP contribution < -0.4 is 10.1 Å². The highest BCUT2D eigenvalue weighted by atomic mass is 35.5. The number of carbonyl (C=O) groups is 1. The maximum Gasteiger partial charge on any atom is 0.573 e. The lowest BCUT2D eigenvalue weighted by Gasteiger charge is -2.31. The van der Waals surface area contributed by atoms with Crippen LogP contribution >= 0.6 is 22.9 Å². The second-order valence-electron chi connectivity index (χ2n) is 6.70. The molecule has 28 heavy (non-hydrogen) atoms. The fourth-order valence-corrected chi connectivity index (χ4v) is 4.04. The number of hydrogen-bond donors (Lipinski definition) is 1. The van der Waals surface area contributed by atoms with E-state index in [0.29, 0.717) is 0 Å². The summed E-state index contributed by atoms with van der Waals surface area (Å²) in [6, 6.07) is 6.08. The number of piperidine rings is 1. The molecular formula is C19H20ClF3N2O2S. The maximum absolute atomic E-state index is 12.6. The Bertz CT molecular complexity index is 791. The topological polar surface area (TPSA) is 41.6 Å². The molecule has 1 saturated heterocycles. The van der Waals surface area contributed by atoms with Crippen LogP contribution in [0, 0.1) is 5.92 Å². The fraction of sp³-hybridized carbons (Fsp3) is 0.421. The number of benzene rings is 1. The largest absolute Gasteiger partial charge is 0.573 e. The summed E-state index contributed by atoms with van der Waals surface area (Å²) in [5.41, 5.74) is 1.50. The van der Waals surface area contributed by atoms with Gasteiger partial charge in [-0.05, 0) is 60.5 Å². The van der Waals surface area contributed by atoms with Crippen molar-refractivity contribution in [3.8, 4) is 5.75 Å². The number of hydrogen-bond acceptors (Lipinski definition) is 4. The Morgan fingerprint density at radius 3 is 2.68 bits per heavy atom. The normalized spacial score (nSPS) is 16.1. The van der Waals surface area contributed by atoms with E-state index in [1.807, 2.05) is 5.38 Å². The summed E-state index contributed by atoms with van der Waals surface area (Å²) in [6.07, 6.45) is -3.37. The predicted octanol–water partition coefficient (Wildman–Crippen LogP) is 4.83. The van der Waals surface area contributed by atoms with Gasteiger partial charge < -0.3 is 10.1 Å². The highest BCUT2D eigenvalue weighted by molar-refractivity contribution is 7.07. The first-order valence-electron chi connectivity index (χ1n) is 8.85. The van der Waals surface area contributed by atoms with Gasteiger partial charge in [0, 0.05) is 29.6 Å². The van der Waals surface area contributed by atoms with Crippen molar-refractivity contribution in [2.24, 2.45) is 5.92 Å². The Labute approximate surface area is 170 Å². The molecule has 2 heterocycles. The Hall–Kier alpha value is -1.77. The SMILES string of the molecule is O=C(NCc1ccc(Cl)cc1OC(F)(F)F)C1CCN(Cc2ccsc2)CC1. The van der Waals surface area contributed by atoms with Crippen LogP contribution in [0.3, 0.4) is 0 Å². The van der Waals surface area contributed by atoms with Gasteiger partial charge in [-0.3, -0.25) is 9.69 Å². The standard InChI is InChI=1S/C19H20ClF3N2O2S/c20-16-2-1-15(17(9-16)27-19(21,22)23)10-24-18(26)14-3-6-25(7-4-14)11-13-5-8-28-12-13/h1-2,5,8-9,12,14H,3-4,6-7,10-11H2,(H,24,26). The molecule has 152 valence electrons. The summed E-state index contributed by atoms with van der Waals surface area (Å²) in [7, 11) is 0. The molecule has 0 saturated carbocycles. The van der Waals surface area contributed by atoms with Gasteiger partial charge in [-0.15, -0.1) is 13.2 Å². The van der Waals surface area contributed by atoms with E-state index in [1.165, 1.54) is 17.7 Å². The van der Waals surface area contributed by atoms with Crippen molar-refractivity contribution in [3.05, 3.63) is 51.2 Å². The number of ether oxygens (including phenoxy) is 1. The van der Waals surface area contributed by atoms with Gasteiger partial charge in [-0.25, -0.2) is 0 Å². The Morgan fingerprint density at radius 2 is 2.04 bits per heavy atom. The highest BCUT2D eigenvalue weighted by Gasteiger charge is 2.32. The summed E-state index contributed by atoms with van der Waals surface area (Å²) in [4.78, 5) is 14.7. The predicted molar refractivity (Wildman–Crippen MR) is 102 cm³/mol. The van der Waals surface area contributed by atoms with E-state index in [0.717, 1.165) is 38.5 Å². The summed E-state index contributed by atoms with van der Waals surface area (Å²) in [5, 5.41) is 7.02. The van der Waals surface area contributed by atoms with Gasteiger partial charge >= 0.3 is 6.36 Å². The minimum atomic E-state index is -4.82. The molecule has 0 atom stereocenters. The molecule has 9 heteroatoms. The number of halogens is 4. The van der Waals surface area contributed by atoms with Gasteiger partial charge in [0.15, 0.2) is 0 Å². The number of alkyl halides is 3. The number of nitrogens with zero attached hydrogens (tertiary/aromatic N) is 1.